The summed E-state index contributed by atoms with van der Waals surface area (Å²) < 4.78 is 19.6. The SMILES string of the molecule is Cc1ccc2c(c1)C1(COC1)c1cccc(F)c1-2. The zero-order chi connectivity index (χ0) is 12.3. The maximum atomic E-state index is 14.1. The Morgan fingerprint density at radius 2 is 1.94 bits per heavy atom. The van der Waals surface area contributed by atoms with E-state index in [2.05, 4.69) is 13.0 Å². The molecule has 1 nitrogen and oxygen atoms in total. The van der Waals surface area contributed by atoms with Gasteiger partial charge in [0, 0.05) is 5.56 Å². The van der Waals surface area contributed by atoms with Crippen molar-refractivity contribution in [1.82, 2.24) is 0 Å². The van der Waals surface area contributed by atoms with Crippen LogP contribution in [0.15, 0.2) is 36.4 Å². The van der Waals surface area contributed by atoms with E-state index in [1.807, 2.05) is 18.2 Å². The number of hydrogen-bond donors (Lipinski definition) is 0. The van der Waals surface area contributed by atoms with E-state index in [9.17, 15) is 4.39 Å². The van der Waals surface area contributed by atoms with Crippen molar-refractivity contribution < 1.29 is 9.13 Å². The Morgan fingerprint density at radius 1 is 1.11 bits per heavy atom. The predicted molar refractivity (Wildman–Crippen MR) is 68.2 cm³/mol. The van der Waals surface area contributed by atoms with E-state index in [-0.39, 0.29) is 11.2 Å². The van der Waals surface area contributed by atoms with E-state index in [0.29, 0.717) is 13.2 Å². The Bertz CT molecular complexity index is 656. The summed E-state index contributed by atoms with van der Waals surface area (Å²) in [5.74, 6) is -0.124. The first-order chi connectivity index (χ1) is 8.72. The van der Waals surface area contributed by atoms with Crippen LogP contribution in [0.4, 0.5) is 4.39 Å². The van der Waals surface area contributed by atoms with Crippen molar-refractivity contribution in [2.45, 2.75) is 12.3 Å². The summed E-state index contributed by atoms with van der Waals surface area (Å²) >= 11 is 0. The largest absolute Gasteiger partial charge is 0.379 e. The molecule has 1 spiro atoms. The molecular formula is C16H13FO. The normalized spacial score (nSPS) is 18.3. The molecule has 18 heavy (non-hydrogen) atoms. The van der Waals surface area contributed by atoms with Gasteiger partial charge in [0.1, 0.15) is 5.82 Å². The molecule has 0 saturated carbocycles. The molecule has 2 aromatic carbocycles. The highest BCUT2D eigenvalue weighted by Crippen LogP contribution is 2.53. The van der Waals surface area contributed by atoms with E-state index >= 15 is 0 Å². The van der Waals surface area contributed by atoms with Gasteiger partial charge in [-0.05, 0) is 29.7 Å². The van der Waals surface area contributed by atoms with Crippen LogP contribution in [0.2, 0.25) is 0 Å². The predicted octanol–water partition coefficient (Wildman–Crippen LogP) is 3.43. The van der Waals surface area contributed by atoms with Crippen LogP contribution >= 0.6 is 0 Å². The molecule has 0 unspecified atom stereocenters. The van der Waals surface area contributed by atoms with Crippen LogP contribution in [0.3, 0.4) is 0 Å². The maximum absolute atomic E-state index is 14.1. The lowest BCUT2D eigenvalue weighted by atomic mass is 9.76. The van der Waals surface area contributed by atoms with Crippen molar-refractivity contribution in [3.05, 3.63) is 58.9 Å². The molecule has 0 bridgehead atoms. The summed E-state index contributed by atoms with van der Waals surface area (Å²) in [4.78, 5) is 0. The molecule has 1 saturated heterocycles. The van der Waals surface area contributed by atoms with Gasteiger partial charge in [0.25, 0.3) is 0 Å². The highest BCUT2D eigenvalue weighted by Gasteiger charge is 2.49. The third-order valence-corrected chi connectivity index (χ3v) is 4.19. The van der Waals surface area contributed by atoms with Crippen molar-refractivity contribution in [3.8, 4) is 11.1 Å². The first kappa shape index (κ1) is 10.3. The van der Waals surface area contributed by atoms with Crippen LogP contribution in [0.1, 0.15) is 16.7 Å². The zero-order valence-corrected chi connectivity index (χ0v) is 10.2. The Labute approximate surface area is 105 Å². The quantitative estimate of drug-likeness (QED) is 0.685. The molecule has 0 atom stereocenters. The molecule has 1 heterocycles. The van der Waals surface area contributed by atoms with Gasteiger partial charge in [0.2, 0.25) is 0 Å². The van der Waals surface area contributed by atoms with E-state index < -0.39 is 0 Å². The second kappa shape index (κ2) is 3.21. The van der Waals surface area contributed by atoms with Crippen molar-refractivity contribution >= 4 is 0 Å². The molecule has 2 heteroatoms. The molecule has 0 radical (unpaired) electrons. The van der Waals surface area contributed by atoms with Crippen molar-refractivity contribution in [2.24, 2.45) is 0 Å². The third kappa shape index (κ3) is 1.05. The Balaban J connectivity index is 2.11. The lowest BCUT2D eigenvalue weighted by Crippen LogP contribution is -2.46. The van der Waals surface area contributed by atoms with Crippen LogP contribution in [0.5, 0.6) is 0 Å². The van der Waals surface area contributed by atoms with Gasteiger partial charge in [-0.25, -0.2) is 4.39 Å². The number of rotatable bonds is 0. The van der Waals surface area contributed by atoms with Gasteiger partial charge in [-0.2, -0.15) is 0 Å². The fourth-order valence-corrected chi connectivity index (χ4v) is 3.23. The molecule has 1 aliphatic carbocycles. The minimum Gasteiger partial charge on any atom is -0.379 e. The van der Waals surface area contributed by atoms with Crippen molar-refractivity contribution in [1.29, 1.82) is 0 Å². The Morgan fingerprint density at radius 3 is 2.67 bits per heavy atom. The maximum Gasteiger partial charge on any atom is 0.131 e. The molecule has 2 aliphatic rings. The smallest absolute Gasteiger partial charge is 0.131 e. The summed E-state index contributed by atoms with van der Waals surface area (Å²) in [6.07, 6.45) is 0. The van der Waals surface area contributed by atoms with Gasteiger partial charge in [-0.15, -0.1) is 0 Å². The summed E-state index contributed by atoms with van der Waals surface area (Å²) in [5.41, 5.74) is 5.25. The zero-order valence-electron chi connectivity index (χ0n) is 10.2. The summed E-state index contributed by atoms with van der Waals surface area (Å²) in [6.45, 7) is 3.41. The number of aryl methyl sites for hydroxylation is 1. The van der Waals surface area contributed by atoms with E-state index in [1.54, 1.807) is 12.1 Å². The van der Waals surface area contributed by atoms with Crippen LogP contribution in [0.25, 0.3) is 11.1 Å². The minimum atomic E-state index is -0.124. The van der Waals surface area contributed by atoms with Gasteiger partial charge in [-0.1, -0.05) is 35.9 Å². The van der Waals surface area contributed by atoms with Gasteiger partial charge >= 0.3 is 0 Å². The molecule has 1 aliphatic heterocycles. The van der Waals surface area contributed by atoms with Gasteiger partial charge in [0.05, 0.1) is 18.6 Å². The average Bonchev–Trinajstić information content (AvgIpc) is 2.59. The van der Waals surface area contributed by atoms with Crippen LogP contribution in [-0.2, 0) is 10.2 Å². The van der Waals surface area contributed by atoms with Crippen molar-refractivity contribution in [3.63, 3.8) is 0 Å². The molecule has 90 valence electrons. The summed E-state index contributed by atoms with van der Waals surface area (Å²) in [7, 11) is 0. The number of halogens is 1. The fraction of sp³-hybridized carbons (Fsp3) is 0.250. The molecule has 1 fully saturated rings. The summed E-state index contributed by atoms with van der Waals surface area (Å²) in [5, 5.41) is 0. The molecule has 4 rings (SSSR count). The van der Waals surface area contributed by atoms with Gasteiger partial charge in [-0.3, -0.25) is 0 Å². The van der Waals surface area contributed by atoms with Crippen LogP contribution in [-0.4, -0.2) is 13.2 Å². The lowest BCUT2D eigenvalue weighted by Gasteiger charge is -2.40. The van der Waals surface area contributed by atoms with E-state index in [1.165, 1.54) is 11.1 Å². The van der Waals surface area contributed by atoms with Crippen molar-refractivity contribution in [2.75, 3.05) is 13.2 Å². The topological polar surface area (TPSA) is 9.23 Å². The summed E-state index contributed by atoms with van der Waals surface area (Å²) in [6, 6.07) is 11.6. The van der Waals surface area contributed by atoms with Gasteiger partial charge in [0.15, 0.2) is 0 Å². The Kier molecular flexibility index (Phi) is 1.83. The van der Waals surface area contributed by atoms with Crippen LogP contribution in [0, 0.1) is 12.7 Å². The number of hydrogen-bond acceptors (Lipinski definition) is 1. The fourth-order valence-electron chi connectivity index (χ4n) is 3.23. The molecular weight excluding hydrogens is 227 g/mol. The molecule has 2 aromatic rings. The van der Waals surface area contributed by atoms with E-state index in [4.69, 9.17) is 4.74 Å². The minimum absolute atomic E-state index is 0.0984. The van der Waals surface area contributed by atoms with Gasteiger partial charge < -0.3 is 4.74 Å². The number of ether oxygens (including phenoxy) is 1. The number of fused-ring (bicyclic) bond motifs is 5. The number of benzene rings is 2. The second-order valence-corrected chi connectivity index (χ2v) is 5.29. The monoisotopic (exact) mass is 240 g/mol. The highest BCUT2D eigenvalue weighted by atomic mass is 19.1. The van der Waals surface area contributed by atoms with Crippen LogP contribution < -0.4 is 0 Å². The van der Waals surface area contributed by atoms with E-state index in [0.717, 1.165) is 16.7 Å². The molecule has 0 N–H and O–H groups in total. The standard InChI is InChI=1S/C16H13FO/c1-10-5-6-11-13(7-10)16(8-18-9-16)12-3-2-4-14(17)15(11)12/h2-7H,8-9H2,1H3. The molecule has 0 aromatic heterocycles. The first-order valence-electron chi connectivity index (χ1n) is 6.21. The third-order valence-electron chi connectivity index (χ3n) is 4.19. The lowest BCUT2D eigenvalue weighted by molar-refractivity contribution is -0.0358. The average molecular weight is 240 g/mol. The Hall–Kier alpha value is -1.67. The second-order valence-electron chi connectivity index (χ2n) is 5.29. The molecule has 0 amide bonds. The first-order valence-corrected chi connectivity index (χ1v) is 6.21. The highest BCUT2D eigenvalue weighted by molar-refractivity contribution is 5.82.